The van der Waals surface area contributed by atoms with E-state index in [0.29, 0.717) is 18.0 Å². The van der Waals surface area contributed by atoms with Crippen molar-refractivity contribution >= 4 is 10.0 Å². The molecule has 1 aromatic rings. The minimum absolute atomic E-state index is 0.440. The zero-order chi connectivity index (χ0) is 14.8. The third-order valence-corrected chi connectivity index (χ3v) is 5.72. The molecule has 1 aliphatic heterocycles. The summed E-state index contributed by atoms with van der Waals surface area (Å²) in [6, 6.07) is 5.58. The van der Waals surface area contributed by atoms with Crippen LogP contribution in [0.25, 0.3) is 0 Å². The normalized spacial score (nSPS) is 18.1. The van der Waals surface area contributed by atoms with Gasteiger partial charge in [0.1, 0.15) is 0 Å². The van der Waals surface area contributed by atoms with Gasteiger partial charge in [0, 0.05) is 32.7 Å². The van der Waals surface area contributed by atoms with Gasteiger partial charge in [0.15, 0.2) is 0 Å². The average molecular weight is 294 g/mol. The first kappa shape index (κ1) is 15.2. The fraction of sp³-hybridized carbons (Fsp3) is 0.467. The highest BCUT2D eigenvalue weighted by molar-refractivity contribution is 7.89. The molecule has 0 atom stereocenters. The van der Waals surface area contributed by atoms with E-state index in [1.165, 1.54) is 0 Å². The number of sulfonamides is 1. The van der Waals surface area contributed by atoms with Crippen molar-refractivity contribution in [3.63, 3.8) is 0 Å². The van der Waals surface area contributed by atoms with Gasteiger partial charge in [-0.25, -0.2) is 8.42 Å². The summed E-state index contributed by atoms with van der Waals surface area (Å²) in [5.74, 6) is 0. The van der Waals surface area contributed by atoms with Crippen molar-refractivity contribution in [1.29, 1.82) is 0 Å². The molecule has 1 aromatic carbocycles. The Hall–Kier alpha value is -1.17. The van der Waals surface area contributed by atoms with Gasteiger partial charge in [-0.3, -0.25) is 4.90 Å². The predicted molar refractivity (Wildman–Crippen MR) is 81.3 cm³/mol. The van der Waals surface area contributed by atoms with Gasteiger partial charge in [0.05, 0.1) is 4.90 Å². The lowest BCUT2D eigenvalue weighted by molar-refractivity contribution is 0.204. The number of piperazine rings is 1. The first-order valence-electron chi connectivity index (χ1n) is 6.86. The number of benzene rings is 1. The van der Waals surface area contributed by atoms with Gasteiger partial charge >= 0.3 is 0 Å². The molecule has 0 aliphatic carbocycles. The number of aryl methyl sites for hydroxylation is 2. The Morgan fingerprint density at radius 2 is 1.85 bits per heavy atom. The molecule has 0 amide bonds. The molecule has 1 heterocycles. The van der Waals surface area contributed by atoms with Crippen molar-refractivity contribution in [2.45, 2.75) is 18.7 Å². The summed E-state index contributed by atoms with van der Waals surface area (Å²) in [7, 11) is -3.37. The highest BCUT2D eigenvalue weighted by Gasteiger charge is 2.29. The van der Waals surface area contributed by atoms with Crippen molar-refractivity contribution < 1.29 is 8.42 Å². The second-order valence-corrected chi connectivity index (χ2v) is 7.17. The molecule has 2 rings (SSSR count). The fourth-order valence-electron chi connectivity index (χ4n) is 2.46. The molecule has 110 valence electrons. The van der Waals surface area contributed by atoms with E-state index < -0.39 is 10.0 Å². The van der Waals surface area contributed by atoms with Crippen LogP contribution in [0.5, 0.6) is 0 Å². The summed E-state index contributed by atoms with van der Waals surface area (Å²) in [6.45, 7) is 10.9. The first-order chi connectivity index (χ1) is 9.45. The van der Waals surface area contributed by atoms with Crippen LogP contribution in [0.2, 0.25) is 0 Å². The third-order valence-electron chi connectivity index (χ3n) is 3.68. The maximum absolute atomic E-state index is 12.7. The van der Waals surface area contributed by atoms with Gasteiger partial charge in [0.2, 0.25) is 10.0 Å². The zero-order valence-electron chi connectivity index (χ0n) is 12.2. The molecule has 1 fully saturated rings. The number of hydrogen-bond donors (Lipinski definition) is 0. The molecule has 20 heavy (non-hydrogen) atoms. The molecular formula is C15H22N2O2S. The zero-order valence-corrected chi connectivity index (χ0v) is 13.0. The van der Waals surface area contributed by atoms with E-state index in [4.69, 9.17) is 0 Å². The van der Waals surface area contributed by atoms with Crippen molar-refractivity contribution in [3.8, 4) is 0 Å². The molecule has 0 saturated carbocycles. The topological polar surface area (TPSA) is 40.6 Å². The Kier molecular flexibility index (Phi) is 4.62. The van der Waals surface area contributed by atoms with E-state index in [-0.39, 0.29) is 0 Å². The molecule has 0 N–H and O–H groups in total. The van der Waals surface area contributed by atoms with Crippen LogP contribution in [0, 0.1) is 13.8 Å². The van der Waals surface area contributed by atoms with Gasteiger partial charge in [-0.2, -0.15) is 4.31 Å². The van der Waals surface area contributed by atoms with Crippen LogP contribution < -0.4 is 0 Å². The fourth-order valence-corrected chi connectivity index (χ4v) is 4.19. The Labute approximate surface area is 121 Å². The van der Waals surface area contributed by atoms with Gasteiger partial charge in [-0.15, -0.1) is 6.58 Å². The minimum atomic E-state index is -3.37. The smallest absolute Gasteiger partial charge is 0.243 e. The SMILES string of the molecule is C=CCN1CCN(S(=O)(=O)c2cc(C)ccc2C)CC1. The maximum Gasteiger partial charge on any atom is 0.243 e. The summed E-state index contributed by atoms with van der Waals surface area (Å²) in [6.07, 6.45) is 1.86. The molecule has 1 aliphatic rings. The highest BCUT2D eigenvalue weighted by atomic mass is 32.2. The molecule has 0 bridgehead atoms. The summed E-state index contributed by atoms with van der Waals surface area (Å²) in [5, 5.41) is 0. The average Bonchev–Trinajstić information content (AvgIpc) is 2.42. The quantitative estimate of drug-likeness (QED) is 0.795. The largest absolute Gasteiger partial charge is 0.297 e. The Balaban J connectivity index is 2.19. The summed E-state index contributed by atoms with van der Waals surface area (Å²) < 4.78 is 27.0. The number of rotatable bonds is 4. The van der Waals surface area contributed by atoms with Crippen molar-refractivity contribution in [3.05, 3.63) is 42.0 Å². The van der Waals surface area contributed by atoms with Gasteiger partial charge in [-0.05, 0) is 31.0 Å². The molecular weight excluding hydrogens is 272 g/mol. The minimum Gasteiger partial charge on any atom is -0.297 e. The Bertz CT molecular complexity index is 588. The standard InChI is InChI=1S/C15H22N2O2S/c1-4-7-16-8-10-17(11-9-16)20(18,19)15-12-13(2)5-6-14(15)3/h4-6,12H,1,7-11H2,2-3H3. The monoisotopic (exact) mass is 294 g/mol. The van der Waals surface area contributed by atoms with Crippen LogP contribution in [-0.2, 0) is 10.0 Å². The van der Waals surface area contributed by atoms with Crippen LogP contribution in [0.1, 0.15) is 11.1 Å². The number of hydrogen-bond acceptors (Lipinski definition) is 3. The molecule has 1 saturated heterocycles. The van der Waals surface area contributed by atoms with Crippen LogP contribution >= 0.6 is 0 Å². The molecule has 5 heteroatoms. The highest BCUT2D eigenvalue weighted by Crippen LogP contribution is 2.22. The van der Waals surface area contributed by atoms with Crippen molar-refractivity contribution in [2.24, 2.45) is 0 Å². The summed E-state index contributed by atoms with van der Waals surface area (Å²) in [4.78, 5) is 2.65. The number of nitrogens with zero attached hydrogens (tertiary/aromatic N) is 2. The van der Waals surface area contributed by atoms with Gasteiger partial charge in [0.25, 0.3) is 0 Å². The Morgan fingerprint density at radius 3 is 2.45 bits per heavy atom. The van der Waals surface area contributed by atoms with Crippen LogP contribution in [0.4, 0.5) is 0 Å². The van der Waals surface area contributed by atoms with E-state index >= 15 is 0 Å². The summed E-state index contributed by atoms with van der Waals surface area (Å²) >= 11 is 0. The predicted octanol–water partition coefficient (Wildman–Crippen LogP) is 1.80. The lowest BCUT2D eigenvalue weighted by Gasteiger charge is -2.33. The van der Waals surface area contributed by atoms with Crippen LogP contribution in [0.15, 0.2) is 35.7 Å². The molecule has 0 radical (unpaired) electrons. The van der Waals surface area contributed by atoms with Crippen LogP contribution in [-0.4, -0.2) is 50.3 Å². The Morgan fingerprint density at radius 1 is 1.20 bits per heavy atom. The second kappa shape index (κ2) is 6.08. The van der Waals surface area contributed by atoms with Crippen molar-refractivity contribution in [2.75, 3.05) is 32.7 Å². The maximum atomic E-state index is 12.7. The molecule has 4 nitrogen and oxygen atoms in total. The van der Waals surface area contributed by atoms with E-state index in [1.54, 1.807) is 10.4 Å². The van der Waals surface area contributed by atoms with Crippen molar-refractivity contribution in [1.82, 2.24) is 9.21 Å². The van der Waals surface area contributed by atoms with E-state index in [0.717, 1.165) is 30.8 Å². The van der Waals surface area contributed by atoms with E-state index in [2.05, 4.69) is 11.5 Å². The van der Waals surface area contributed by atoms with Gasteiger partial charge < -0.3 is 0 Å². The lowest BCUT2D eigenvalue weighted by Crippen LogP contribution is -2.48. The molecule has 0 aromatic heterocycles. The molecule has 0 unspecified atom stereocenters. The molecule has 0 spiro atoms. The first-order valence-corrected chi connectivity index (χ1v) is 8.30. The van der Waals surface area contributed by atoms with Crippen LogP contribution in [0.3, 0.4) is 0 Å². The third kappa shape index (κ3) is 3.11. The lowest BCUT2D eigenvalue weighted by atomic mass is 10.2. The van der Waals surface area contributed by atoms with E-state index in [9.17, 15) is 8.42 Å². The van der Waals surface area contributed by atoms with E-state index in [1.807, 2.05) is 32.1 Å². The summed E-state index contributed by atoms with van der Waals surface area (Å²) in [5.41, 5.74) is 1.78. The van der Waals surface area contributed by atoms with Gasteiger partial charge in [-0.1, -0.05) is 18.2 Å². The second-order valence-electron chi connectivity index (χ2n) is 5.26.